The van der Waals surface area contributed by atoms with Gasteiger partial charge in [0.15, 0.2) is 0 Å². The van der Waals surface area contributed by atoms with E-state index in [9.17, 15) is 9.59 Å². The van der Waals surface area contributed by atoms with E-state index < -0.39 is 18.0 Å². The molecule has 132 valence electrons. The van der Waals surface area contributed by atoms with E-state index >= 15 is 0 Å². The summed E-state index contributed by atoms with van der Waals surface area (Å²) in [5.41, 5.74) is 4.57. The fraction of sp³-hybridized carbons (Fsp3) is 0.238. The summed E-state index contributed by atoms with van der Waals surface area (Å²) in [6.07, 6.45) is 5.14. The number of hydrogen-bond acceptors (Lipinski definition) is 4. The summed E-state index contributed by atoms with van der Waals surface area (Å²) in [7, 11) is 0. The number of benzene rings is 2. The molecule has 1 unspecified atom stereocenters. The number of terminal acetylenes is 1. The second-order valence-corrected chi connectivity index (χ2v) is 6.09. The molecule has 1 aliphatic carbocycles. The summed E-state index contributed by atoms with van der Waals surface area (Å²) in [6.45, 7) is 0.01000. The van der Waals surface area contributed by atoms with Crippen molar-refractivity contribution in [3.8, 4) is 23.5 Å². The Balaban J connectivity index is 1.64. The Hall–Kier alpha value is -3.10. The molecule has 0 aliphatic heterocycles. The van der Waals surface area contributed by atoms with Crippen LogP contribution in [0.2, 0.25) is 0 Å². The highest BCUT2D eigenvalue weighted by Gasteiger charge is 2.29. The Bertz CT molecular complexity index is 823. The SMILES string of the molecule is C#CCC(NCC(=O)OCC1c2ccccc2-c2ccccc21)C(=O)O. The molecule has 1 aliphatic rings. The van der Waals surface area contributed by atoms with Crippen molar-refractivity contribution in [1.82, 2.24) is 5.32 Å². The molecular weight excluding hydrogens is 330 g/mol. The lowest BCUT2D eigenvalue weighted by atomic mass is 9.98. The predicted molar refractivity (Wildman–Crippen MR) is 97.6 cm³/mol. The number of esters is 1. The number of aliphatic carboxylic acids is 1. The molecule has 3 rings (SSSR count). The van der Waals surface area contributed by atoms with E-state index in [1.165, 1.54) is 0 Å². The third kappa shape index (κ3) is 3.61. The minimum absolute atomic E-state index is 0.00594. The number of carbonyl (C=O) groups is 2. The maximum absolute atomic E-state index is 12.0. The number of carbonyl (C=O) groups excluding carboxylic acids is 1. The third-order valence-electron chi connectivity index (χ3n) is 4.49. The summed E-state index contributed by atoms with van der Waals surface area (Å²) in [4.78, 5) is 23.1. The van der Waals surface area contributed by atoms with Crippen LogP contribution in [-0.4, -0.2) is 36.2 Å². The van der Waals surface area contributed by atoms with Crippen molar-refractivity contribution in [2.24, 2.45) is 0 Å². The number of carboxylic acid groups (broad SMARTS) is 1. The average molecular weight is 349 g/mol. The molecule has 0 amide bonds. The summed E-state index contributed by atoms with van der Waals surface area (Å²) in [6, 6.07) is 15.2. The number of fused-ring (bicyclic) bond motifs is 3. The second kappa shape index (κ2) is 7.85. The van der Waals surface area contributed by atoms with Crippen LogP contribution in [-0.2, 0) is 14.3 Å². The van der Waals surface area contributed by atoms with Crippen molar-refractivity contribution in [3.63, 3.8) is 0 Å². The van der Waals surface area contributed by atoms with Crippen LogP contribution < -0.4 is 5.32 Å². The lowest BCUT2D eigenvalue weighted by Crippen LogP contribution is -2.40. The van der Waals surface area contributed by atoms with Crippen molar-refractivity contribution in [2.45, 2.75) is 18.4 Å². The monoisotopic (exact) mass is 349 g/mol. The highest BCUT2D eigenvalue weighted by atomic mass is 16.5. The maximum Gasteiger partial charge on any atom is 0.321 e. The molecule has 0 heterocycles. The van der Waals surface area contributed by atoms with E-state index in [1.54, 1.807) is 0 Å². The first kappa shape index (κ1) is 17.7. The quantitative estimate of drug-likeness (QED) is 0.593. The van der Waals surface area contributed by atoms with Crippen LogP contribution in [0.15, 0.2) is 48.5 Å². The smallest absolute Gasteiger partial charge is 0.321 e. The number of carboxylic acids is 1. The van der Waals surface area contributed by atoms with Gasteiger partial charge in [-0.1, -0.05) is 48.5 Å². The molecule has 0 saturated heterocycles. The minimum atomic E-state index is -1.09. The van der Waals surface area contributed by atoms with Gasteiger partial charge in [-0.15, -0.1) is 12.3 Å². The molecule has 2 aromatic carbocycles. The molecule has 2 N–H and O–H groups in total. The zero-order chi connectivity index (χ0) is 18.5. The van der Waals surface area contributed by atoms with Gasteiger partial charge in [0, 0.05) is 12.3 Å². The van der Waals surface area contributed by atoms with Crippen molar-refractivity contribution in [3.05, 3.63) is 59.7 Å². The summed E-state index contributed by atoms with van der Waals surface area (Å²) < 4.78 is 5.40. The van der Waals surface area contributed by atoms with Gasteiger partial charge < -0.3 is 9.84 Å². The Labute approximate surface area is 152 Å². The third-order valence-corrected chi connectivity index (χ3v) is 4.49. The fourth-order valence-electron chi connectivity index (χ4n) is 3.24. The van der Waals surface area contributed by atoms with Crippen LogP contribution >= 0.6 is 0 Å². The van der Waals surface area contributed by atoms with E-state index in [0.717, 1.165) is 22.3 Å². The van der Waals surface area contributed by atoms with Gasteiger partial charge in [-0.25, -0.2) is 0 Å². The van der Waals surface area contributed by atoms with Crippen LogP contribution in [0, 0.1) is 12.3 Å². The lowest BCUT2D eigenvalue weighted by molar-refractivity contribution is -0.143. The van der Waals surface area contributed by atoms with Gasteiger partial charge >= 0.3 is 11.9 Å². The highest BCUT2D eigenvalue weighted by Crippen LogP contribution is 2.44. The summed E-state index contributed by atoms with van der Waals surface area (Å²) in [5, 5.41) is 11.6. The Morgan fingerprint density at radius 2 is 1.69 bits per heavy atom. The van der Waals surface area contributed by atoms with Crippen LogP contribution in [0.1, 0.15) is 23.5 Å². The normalized spacial score (nSPS) is 13.3. The van der Waals surface area contributed by atoms with Gasteiger partial charge in [0.2, 0.25) is 0 Å². The molecule has 0 aromatic heterocycles. The Morgan fingerprint density at radius 1 is 1.12 bits per heavy atom. The van der Waals surface area contributed by atoms with Crippen LogP contribution in [0.5, 0.6) is 0 Å². The Morgan fingerprint density at radius 3 is 2.23 bits per heavy atom. The first-order valence-corrected chi connectivity index (χ1v) is 8.35. The maximum atomic E-state index is 12.0. The molecule has 0 fully saturated rings. The second-order valence-electron chi connectivity index (χ2n) is 6.09. The van der Waals surface area contributed by atoms with Crippen molar-refractivity contribution < 1.29 is 19.4 Å². The van der Waals surface area contributed by atoms with E-state index in [-0.39, 0.29) is 25.5 Å². The predicted octanol–water partition coefficient (Wildman–Crippen LogP) is 2.41. The van der Waals surface area contributed by atoms with Gasteiger partial charge in [-0.05, 0) is 22.3 Å². The first-order chi connectivity index (χ1) is 12.6. The number of hydrogen-bond donors (Lipinski definition) is 2. The first-order valence-electron chi connectivity index (χ1n) is 8.35. The van der Waals surface area contributed by atoms with Crippen LogP contribution in [0.25, 0.3) is 11.1 Å². The number of ether oxygens (including phenoxy) is 1. The molecule has 0 saturated carbocycles. The number of rotatable bonds is 7. The molecule has 2 aromatic rings. The minimum Gasteiger partial charge on any atom is -0.480 e. The largest absolute Gasteiger partial charge is 0.480 e. The molecule has 5 heteroatoms. The molecule has 0 bridgehead atoms. The van der Waals surface area contributed by atoms with Crippen LogP contribution in [0.3, 0.4) is 0 Å². The van der Waals surface area contributed by atoms with Gasteiger partial charge in [0.25, 0.3) is 0 Å². The topological polar surface area (TPSA) is 75.6 Å². The van der Waals surface area contributed by atoms with Crippen molar-refractivity contribution in [1.29, 1.82) is 0 Å². The van der Waals surface area contributed by atoms with E-state index in [2.05, 4.69) is 23.4 Å². The molecule has 26 heavy (non-hydrogen) atoms. The zero-order valence-corrected chi connectivity index (χ0v) is 14.1. The summed E-state index contributed by atoms with van der Waals surface area (Å²) in [5.74, 6) is 0.662. The van der Waals surface area contributed by atoms with Gasteiger partial charge in [-0.2, -0.15) is 0 Å². The van der Waals surface area contributed by atoms with Gasteiger partial charge in [-0.3, -0.25) is 14.9 Å². The standard InChI is InChI=1S/C21H19NO4/c1-2-7-19(21(24)25)22-12-20(23)26-13-18-16-10-5-3-8-14(16)15-9-4-6-11-17(15)18/h1,3-6,8-11,18-19,22H,7,12-13H2,(H,24,25). The molecule has 1 atom stereocenters. The molecule has 0 spiro atoms. The van der Waals surface area contributed by atoms with E-state index in [1.807, 2.05) is 36.4 Å². The van der Waals surface area contributed by atoms with Gasteiger partial charge in [0.05, 0.1) is 6.54 Å². The fourth-order valence-corrected chi connectivity index (χ4v) is 3.24. The van der Waals surface area contributed by atoms with Crippen molar-refractivity contribution >= 4 is 11.9 Å². The highest BCUT2D eigenvalue weighted by molar-refractivity contribution is 5.79. The molecule has 5 nitrogen and oxygen atoms in total. The average Bonchev–Trinajstić information content (AvgIpc) is 2.97. The number of nitrogens with one attached hydrogen (secondary N) is 1. The lowest BCUT2D eigenvalue weighted by Gasteiger charge is -2.15. The van der Waals surface area contributed by atoms with E-state index in [0.29, 0.717) is 0 Å². The zero-order valence-electron chi connectivity index (χ0n) is 14.1. The summed E-state index contributed by atoms with van der Waals surface area (Å²) >= 11 is 0. The molecular formula is C21H19NO4. The Kier molecular flexibility index (Phi) is 5.35. The van der Waals surface area contributed by atoms with Crippen LogP contribution in [0.4, 0.5) is 0 Å². The van der Waals surface area contributed by atoms with Gasteiger partial charge in [0.1, 0.15) is 12.6 Å². The van der Waals surface area contributed by atoms with E-state index in [4.69, 9.17) is 16.3 Å². The molecule has 0 radical (unpaired) electrons. The van der Waals surface area contributed by atoms with Crippen molar-refractivity contribution in [2.75, 3.05) is 13.2 Å².